The number of nitrogens with zero attached hydrogens (tertiary/aromatic N) is 1. The lowest BCUT2D eigenvalue weighted by atomic mass is 10.1. The number of benzene rings is 2. The van der Waals surface area contributed by atoms with E-state index in [0.29, 0.717) is 5.56 Å². The molecule has 1 atom stereocenters. The third kappa shape index (κ3) is 4.16. The maximum atomic E-state index is 12.1. The molecule has 0 bridgehead atoms. The highest BCUT2D eigenvalue weighted by molar-refractivity contribution is 5.98. The summed E-state index contributed by atoms with van der Waals surface area (Å²) < 4.78 is 5.10. The third-order valence-electron chi connectivity index (χ3n) is 3.27. The number of carbonyl (C=O) groups excluding carboxylic acids is 2. The number of nitro benzene ring substituents is 1. The second-order valence-electron chi connectivity index (χ2n) is 5.18. The Morgan fingerprint density at radius 2 is 1.88 bits per heavy atom. The standard InChI is InChI=1S/C17H16N2O5/c1-11-6-5-7-13(10-11)17(21)24-12(2)16(20)18-14-8-3-4-9-15(14)19(22)23/h3-10,12H,1-2H3,(H,18,20)/t12-/m0/s1. The summed E-state index contributed by atoms with van der Waals surface area (Å²) >= 11 is 0. The van der Waals surface area contributed by atoms with E-state index in [4.69, 9.17) is 4.74 Å². The molecule has 7 nitrogen and oxygen atoms in total. The van der Waals surface area contributed by atoms with E-state index in [1.54, 1.807) is 24.3 Å². The van der Waals surface area contributed by atoms with E-state index in [9.17, 15) is 19.7 Å². The van der Waals surface area contributed by atoms with Gasteiger partial charge in [-0.05, 0) is 32.0 Å². The molecule has 2 aromatic carbocycles. The first-order valence-corrected chi connectivity index (χ1v) is 7.20. The summed E-state index contributed by atoms with van der Waals surface area (Å²) in [5, 5.41) is 13.3. The van der Waals surface area contributed by atoms with Gasteiger partial charge in [0.05, 0.1) is 10.5 Å². The minimum Gasteiger partial charge on any atom is -0.449 e. The Kier molecular flexibility index (Phi) is 5.26. The zero-order valence-electron chi connectivity index (χ0n) is 13.2. The zero-order chi connectivity index (χ0) is 17.7. The monoisotopic (exact) mass is 328 g/mol. The van der Waals surface area contributed by atoms with Crippen molar-refractivity contribution in [3.63, 3.8) is 0 Å². The molecule has 2 rings (SSSR count). The maximum absolute atomic E-state index is 12.1. The predicted octanol–water partition coefficient (Wildman–Crippen LogP) is 3.09. The summed E-state index contributed by atoms with van der Waals surface area (Å²) in [7, 11) is 0. The van der Waals surface area contributed by atoms with Crippen molar-refractivity contribution >= 4 is 23.3 Å². The number of anilines is 1. The fourth-order valence-electron chi connectivity index (χ4n) is 2.03. The van der Waals surface area contributed by atoms with Gasteiger partial charge in [0.15, 0.2) is 6.10 Å². The number of amides is 1. The third-order valence-corrected chi connectivity index (χ3v) is 3.27. The number of hydrogen-bond acceptors (Lipinski definition) is 5. The first kappa shape index (κ1) is 17.1. The van der Waals surface area contributed by atoms with Crippen molar-refractivity contribution in [1.29, 1.82) is 0 Å². The molecule has 1 amide bonds. The van der Waals surface area contributed by atoms with Gasteiger partial charge in [-0.3, -0.25) is 14.9 Å². The molecule has 2 aromatic rings. The van der Waals surface area contributed by atoms with Crippen LogP contribution in [0.5, 0.6) is 0 Å². The van der Waals surface area contributed by atoms with E-state index >= 15 is 0 Å². The molecule has 0 radical (unpaired) electrons. The lowest BCUT2D eigenvalue weighted by Crippen LogP contribution is -2.30. The van der Waals surface area contributed by atoms with Gasteiger partial charge in [-0.2, -0.15) is 0 Å². The number of rotatable bonds is 5. The molecular weight excluding hydrogens is 312 g/mol. The number of nitro groups is 1. The minimum absolute atomic E-state index is 0.0472. The fraction of sp³-hybridized carbons (Fsp3) is 0.176. The van der Waals surface area contributed by atoms with Crippen LogP contribution in [-0.2, 0) is 9.53 Å². The average molecular weight is 328 g/mol. The predicted molar refractivity (Wildman–Crippen MR) is 87.8 cm³/mol. The average Bonchev–Trinajstić information content (AvgIpc) is 2.55. The molecule has 0 saturated carbocycles. The summed E-state index contributed by atoms with van der Waals surface area (Å²) in [6.07, 6.45) is -1.10. The number of aryl methyl sites for hydroxylation is 1. The molecule has 7 heteroatoms. The number of esters is 1. The molecule has 0 unspecified atom stereocenters. The van der Waals surface area contributed by atoms with Gasteiger partial charge in [0, 0.05) is 6.07 Å². The molecule has 0 aliphatic carbocycles. The highest BCUT2D eigenvalue weighted by Gasteiger charge is 2.22. The summed E-state index contributed by atoms with van der Waals surface area (Å²) in [6, 6.07) is 12.5. The molecular formula is C17H16N2O5. The van der Waals surface area contributed by atoms with Crippen LogP contribution in [0, 0.1) is 17.0 Å². The Morgan fingerprint density at radius 1 is 1.17 bits per heavy atom. The van der Waals surface area contributed by atoms with E-state index < -0.39 is 22.9 Å². The van der Waals surface area contributed by atoms with Crippen LogP contribution >= 0.6 is 0 Å². The number of nitrogens with one attached hydrogen (secondary N) is 1. The van der Waals surface area contributed by atoms with Crippen LogP contribution in [-0.4, -0.2) is 22.9 Å². The number of para-hydroxylation sites is 2. The highest BCUT2D eigenvalue weighted by Crippen LogP contribution is 2.23. The molecule has 0 aliphatic heterocycles. The van der Waals surface area contributed by atoms with Gasteiger partial charge >= 0.3 is 5.97 Å². The normalized spacial score (nSPS) is 11.4. The van der Waals surface area contributed by atoms with Crippen molar-refractivity contribution in [3.8, 4) is 0 Å². The SMILES string of the molecule is Cc1cccc(C(=O)O[C@@H](C)C(=O)Nc2ccccc2[N+](=O)[O-])c1. The van der Waals surface area contributed by atoms with Crippen LogP contribution in [0.15, 0.2) is 48.5 Å². The molecule has 0 aliphatic rings. The molecule has 24 heavy (non-hydrogen) atoms. The van der Waals surface area contributed by atoms with Gasteiger partial charge in [-0.1, -0.05) is 29.8 Å². The Labute approximate surface area is 138 Å². The Hall–Kier alpha value is -3.22. The number of carbonyl (C=O) groups is 2. The van der Waals surface area contributed by atoms with E-state index in [0.717, 1.165) is 5.56 Å². The van der Waals surface area contributed by atoms with E-state index in [2.05, 4.69) is 5.32 Å². The van der Waals surface area contributed by atoms with Crippen LogP contribution in [0.3, 0.4) is 0 Å². The van der Waals surface area contributed by atoms with Crippen LogP contribution in [0.4, 0.5) is 11.4 Å². The number of ether oxygens (including phenoxy) is 1. The smallest absolute Gasteiger partial charge is 0.338 e. The molecule has 0 fully saturated rings. The molecule has 124 valence electrons. The fourth-order valence-corrected chi connectivity index (χ4v) is 2.03. The van der Waals surface area contributed by atoms with Crippen LogP contribution in [0.2, 0.25) is 0 Å². The summed E-state index contributed by atoms with van der Waals surface area (Å²) in [4.78, 5) is 34.5. The van der Waals surface area contributed by atoms with Crippen molar-refractivity contribution in [2.24, 2.45) is 0 Å². The van der Waals surface area contributed by atoms with Gasteiger partial charge in [0.2, 0.25) is 0 Å². The first-order chi connectivity index (χ1) is 11.4. The van der Waals surface area contributed by atoms with Gasteiger partial charge in [-0.15, -0.1) is 0 Å². The summed E-state index contributed by atoms with van der Waals surface area (Å²) in [6.45, 7) is 3.24. The summed E-state index contributed by atoms with van der Waals surface area (Å²) in [5.74, 6) is -1.28. The minimum atomic E-state index is -1.10. The quantitative estimate of drug-likeness (QED) is 0.516. The van der Waals surface area contributed by atoms with Gasteiger partial charge < -0.3 is 10.1 Å². The van der Waals surface area contributed by atoms with Crippen molar-refractivity contribution in [2.45, 2.75) is 20.0 Å². The number of hydrogen-bond donors (Lipinski definition) is 1. The highest BCUT2D eigenvalue weighted by atomic mass is 16.6. The van der Waals surface area contributed by atoms with E-state index in [-0.39, 0.29) is 11.4 Å². The van der Waals surface area contributed by atoms with Crippen molar-refractivity contribution in [1.82, 2.24) is 0 Å². The largest absolute Gasteiger partial charge is 0.449 e. The summed E-state index contributed by atoms with van der Waals surface area (Å²) in [5.41, 5.74) is 1.04. The lowest BCUT2D eigenvalue weighted by Gasteiger charge is -2.13. The zero-order valence-corrected chi connectivity index (χ0v) is 13.2. The van der Waals surface area contributed by atoms with Gasteiger partial charge in [0.25, 0.3) is 11.6 Å². The van der Waals surface area contributed by atoms with Crippen molar-refractivity contribution < 1.29 is 19.2 Å². The molecule has 0 aromatic heterocycles. The Balaban J connectivity index is 2.05. The topological polar surface area (TPSA) is 98.5 Å². The Bertz CT molecular complexity index is 788. The van der Waals surface area contributed by atoms with Crippen LogP contribution < -0.4 is 5.32 Å². The van der Waals surface area contributed by atoms with Crippen molar-refractivity contribution in [3.05, 3.63) is 69.8 Å². The van der Waals surface area contributed by atoms with E-state index in [1.807, 2.05) is 13.0 Å². The van der Waals surface area contributed by atoms with Crippen molar-refractivity contribution in [2.75, 3.05) is 5.32 Å². The second-order valence-corrected chi connectivity index (χ2v) is 5.18. The second kappa shape index (κ2) is 7.36. The first-order valence-electron chi connectivity index (χ1n) is 7.20. The van der Waals surface area contributed by atoms with E-state index in [1.165, 1.54) is 25.1 Å². The molecule has 0 saturated heterocycles. The van der Waals surface area contributed by atoms with Crippen LogP contribution in [0.25, 0.3) is 0 Å². The molecule has 0 spiro atoms. The van der Waals surface area contributed by atoms with Gasteiger partial charge in [-0.25, -0.2) is 4.79 Å². The molecule has 0 heterocycles. The van der Waals surface area contributed by atoms with Gasteiger partial charge in [0.1, 0.15) is 5.69 Å². The lowest BCUT2D eigenvalue weighted by molar-refractivity contribution is -0.383. The van der Waals surface area contributed by atoms with Crippen LogP contribution in [0.1, 0.15) is 22.8 Å². The maximum Gasteiger partial charge on any atom is 0.338 e. The Morgan fingerprint density at radius 3 is 2.54 bits per heavy atom. The molecule has 1 N–H and O–H groups in total.